The van der Waals surface area contributed by atoms with Gasteiger partial charge < -0.3 is 9.47 Å². The van der Waals surface area contributed by atoms with E-state index < -0.39 is 52.3 Å². The second-order valence-corrected chi connectivity index (χ2v) is 11.9. The third-order valence-corrected chi connectivity index (χ3v) is 8.56. The highest BCUT2D eigenvalue weighted by Crippen LogP contribution is 2.39. The normalized spacial score (nSPS) is 16.8. The Labute approximate surface area is 268 Å². The standard InChI is InChI=1S/C37H34F8O2/c1-2-3-4-5-16-46-27-13-10-23(11-14-27)22-6-8-24(9-7-22)25-12-15-29(30(38)17-25)26-18-31(39)35(32(40)19-26)37(44,45)47-28-20-33(41)36(43)34(42)21-28/h6-9,12,15,17-21,23,27H,2-5,10-11,13-14,16H2,1H3. The number of hydrogen-bond acceptors (Lipinski definition) is 2. The Kier molecular flexibility index (Phi) is 10.9. The number of hydrogen-bond donors (Lipinski definition) is 0. The van der Waals surface area contributed by atoms with Crippen molar-refractivity contribution >= 4 is 0 Å². The van der Waals surface area contributed by atoms with Gasteiger partial charge in [-0.2, -0.15) is 8.78 Å². The Balaban J connectivity index is 1.25. The lowest BCUT2D eigenvalue weighted by Gasteiger charge is -2.29. The maximum Gasteiger partial charge on any atom is 0.432 e. The van der Waals surface area contributed by atoms with Crippen LogP contribution in [-0.2, 0) is 10.8 Å². The molecular weight excluding hydrogens is 628 g/mol. The fourth-order valence-corrected chi connectivity index (χ4v) is 6.02. The molecule has 0 bridgehead atoms. The lowest BCUT2D eigenvalue weighted by atomic mass is 9.82. The molecule has 4 aromatic rings. The van der Waals surface area contributed by atoms with Gasteiger partial charge in [-0.05, 0) is 78.5 Å². The highest BCUT2D eigenvalue weighted by molar-refractivity contribution is 5.71. The van der Waals surface area contributed by atoms with Crippen molar-refractivity contribution in [3.05, 3.63) is 113 Å². The van der Waals surface area contributed by atoms with E-state index in [4.69, 9.17) is 4.74 Å². The van der Waals surface area contributed by atoms with Gasteiger partial charge in [-0.3, -0.25) is 0 Å². The van der Waals surface area contributed by atoms with Crippen molar-refractivity contribution in [2.45, 2.75) is 76.4 Å². The van der Waals surface area contributed by atoms with Crippen LogP contribution in [-0.4, -0.2) is 12.7 Å². The minimum atomic E-state index is -4.75. The van der Waals surface area contributed by atoms with Gasteiger partial charge in [-0.1, -0.05) is 62.6 Å². The van der Waals surface area contributed by atoms with Crippen LogP contribution in [0.15, 0.2) is 66.7 Å². The highest BCUT2D eigenvalue weighted by atomic mass is 19.3. The van der Waals surface area contributed by atoms with E-state index in [9.17, 15) is 30.7 Å². The maximum atomic E-state index is 15.2. The van der Waals surface area contributed by atoms with Gasteiger partial charge in [-0.15, -0.1) is 0 Å². The zero-order chi connectivity index (χ0) is 33.7. The fourth-order valence-electron chi connectivity index (χ4n) is 6.02. The Morgan fingerprint density at radius 3 is 1.83 bits per heavy atom. The minimum absolute atomic E-state index is 0.110. The molecule has 0 unspecified atom stereocenters. The summed E-state index contributed by atoms with van der Waals surface area (Å²) < 4.78 is 125. The molecule has 0 saturated heterocycles. The first-order valence-electron chi connectivity index (χ1n) is 15.7. The first kappa shape index (κ1) is 34.4. The van der Waals surface area contributed by atoms with Crippen molar-refractivity contribution in [3.8, 4) is 28.0 Å². The van der Waals surface area contributed by atoms with Gasteiger partial charge in [-0.25, -0.2) is 26.3 Å². The molecule has 0 N–H and O–H groups in total. The average Bonchev–Trinajstić information content (AvgIpc) is 3.03. The predicted molar refractivity (Wildman–Crippen MR) is 163 cm³/mol. The summed E-state index contributed by atoms with van der Waals surface area (Å²) in [6.07, 6.45) is 4.34. The number of benzene rings is 4. The largest absolute Gasteiger partial charge is 0.432 e. The minimum Gasteiger partial charge on any atom is -0.429 e. The van der Waals surface area contributed by atoms with E-state index in [1.807, 2.05) is 24.3 Å². The van der Waals surface area contributed by atoms with Crippen molar-refractivity contribution in [1.82, 2.24) is 0 Å². The molecule has 0 spiro atoms. The highest BCUT2D eigenvalue weighted by Gasteiger charge is 2.41. The summed E-state index contributed by atoms with van der Waals surface area (Å²) in [5, 5.41) is 0. The Morgan fingerprint density at radius 2 is 1.23 bits per heavy atom. The molecule has 0 aliphatic heterocycles. The molecule has 0 amide bonds. The van der Waals surface area contributed by atoms with Crippen LogP contribution < -0.4 is 4.74 Å². The SMILES string of the molecule is CCCCCCOC1CCC(c2ccc(-c3ccc(-c4cc(F)c(C(F)(F)Oc5cc(F)c(F)c(F)c5)c(F)c4)c(F)c3)cc2)CC1. The summed E-state index contributed by atoms with van der Waals surface area (Å²) in [5.74, 6) is -10.8. The van der Waals surface area contributed by atoms with E-state index >= 15 is 4.39 Å². The van der Waals surface area contributed by atoms with E-state index in [1.54, 1.807) is 6.07 Å². The van der Waals surface area contributed by atoms with E-state index in [-0.39, 0.29) is 23.3 Å². The van der Waals surface area contributed by atoms with Gasteiger partial charge in [0.05, 0.1) is 6.10 Å². The van der Waals surface area contributed by atoms with Gasteiger partial charge in [0.2, 0.25) is 0 Å². The first-order chi connectivity index (χ1) is 22.5. The molecule has 1 aliphatic rings. The van der Waals surface area contributed by atoms with Crippen LogP contribution in [0.3, 0.4) is 0 Å². The molecule has 10 heteroatoms. The number of rotatable bonds is 12. The lowest BCUT2D eigenvalue weighted by molar-refractivity contribution is -0.189. The molecule has 47 heavy (non-hydrogen) atoms. The molecule has 0 atom stereocenters. The van der Waals surface area contributed by atoms with Crippen LogP contribution in [0.1, 0.15) is 75.3 Å². The van der Waals surface area contributed by atoms with Gasteiger partial charge in [0.25, 0.3) is 0 Å². The third kappa shape index (κ3) is 8.15. The lowest BCUT2D eigenvalue weighted by Crippen LogP contribution is -2.25. The Bertz CT molecular complexity index is 1630. The predicted octanol–water partition coefficient (Wildman–Crippen LogP) is 11.6. The smallest absolute Gasteiger partial charge is 0.429 e. The van der Waals surface area contributed by atoms with Crippen molar-refractivity contribution in [2.75, 3.05) is 6.61 Å². The second kappa shape index (κ2) is 14.9. The zero-order valence-electron chi connectivity index (χ0n) is 25.7. The summed E-state index contributed by atoms with van der Waals surface area (Å²) >= 11 is 0. The zero-order valence-corrected chi connectivity index (χ0v) is 25.7. The van der Waals surface area contributed by atoms with E-state index in [1.165, 1.54) is 37.0 Å². The van der Waals surface area contributed by atoms with Crippen LogP contribution in [0.25, 0.3) is 22.3 Å². The molecule has 1 fully saturated rings. The third-order valence-electron chi connectivity index (χ3n) is 8.56. The molecule has 0 heterocycles. The van der Waals surface area contributed by atoms with Crippen LogP contribution in [0, 0.1) is 34.9 Å². The van der Waals surface area contributed by atoms with Crippen LogP contribution in [0.4, 0.5) is 35.1 Å². The maximum absolute atomic E-state index is 15.2. The summed E-state index contributed by atoms with van der Waals surface area (Å²) in [5.41, 5.74) is -0.0549. The number of halogens is 8. The van der Waals surface area contributed by atoms with Gasteiger partial charge >= 0.3 is 6.11 Å². The topological polar surface area (TPSA) is 18.5 Å². The molecule has 2 nitrogen and oxygen atoms in total. The summed E-state index contributed by atoms with van der Waals surface area (Å²) in [6.45, 7) is 2.99. The molecule has 250 valence electrons. The Hall–Kier alpha value is -3.92. The second-order valence-electron chi connectivity index (χ2n) is 11.9. The quantitative estimate of drug-likeness (QED) is 0.0854. The Morgan fingerprint density at radius 1 is 0.638 bits per heavy atom. The van der Waals surface area contributed by atoms with Crippen molar-refractivity contribution in [2.24, 2.45) is 0 Å². The van der Waals surface area contributed by atoms with E-state index in [0.29, 0.717) is 29.7 Å². The van der Waals surface area contributed by atoms with Crippen LogP contribution in [0.5, 0.6) is 5.75 Å². The number of ether oxygens (including phenoxy) is 2. The van der Waals surface area contributed by atoms with Gasteiger partial charge in [0.15, 0.2) is 17.5 Å². The van der Waals surface area contributed by atoms with E-state index in [2.05, 4.69) is 11.7 Å². The summed E-state index contributed by atoms with van der Waals surface area (Å²) in [6, 6.07) is 13.0. The van der Waals surface area contributed by atoms with Crippen molar-refractivity contribution in [3.63, 3.8) is 0 Å². The van der Waals surface area contributed by atoms with E-state index in [0.717, 1.165) is 44.3 Å². The van der Waals surface area contributed by atoms with Crippen LogP contribution >= 0.6 is 0 Å². The van der Waals surface area contributed by atoms with Crippen LogP contribution in [0.2, 0.25) is 0 Å². The molecule has 1 aliphatic carbocycles. The molecule has 0 aromatic heterocycles. The average molecular weight is 663 g/mol. The molecule has 1 saturated carbocycles. The van der Waals surface area contributed by atoms with Crippen molar-refractivity contribution < 1.29 is 44.6 Å². The molecule has 4 aromatic carbocycles. The van der Waals surface area contributed by atoms with Gasteiger partial charge in [0.1, 0.15) is 28.8 Å². The van der Waals surface area contributed by atoms with Gasteiger partial charge in [0, 0.05) is 24.3 Å². The number of unbranched alkanes of at least 4 members (excludes halogenated alkanes) is 3. The summed E-state index contributed by atoms with van der Waals surface area (Å²) in [7, 11) is 0. The first-order valence-corrected chi connectivity index (χ1v) is 15.7. The fraction of sp³-hybridized carbons (Fsp3) is 0.351. The number of alkyl halides is 2. The summed E-state index contributed by atoms with van der Waals surface area (Å²) in [4.78, 5) is 0. The molecule has 0 radical (unpaired) electrons. The monoisotopic (exact) mass is 662 g/mol. The molecule has 5 rings (SSSR count). The van der Waals surface area contributed by atoms with Crippen molar-refractivity contribution in [1.29, 1.82) is 0 Å². The molecular formula is C37H34F8O2.